The van der Waals surface area contributed by atoms with Crippen LogP contribution in [0.2, 0.25) is 0 Å². The number of nitrogens with one attached hydrogen (secondary N) is 1. The first-order valence-electron chi connectivity index (χ1n) is 8.96. The van der Waals surface area contributed by atoms with E-state index in [0.29, 0.717) is 16.9 Å². The molecule has 0 fully saturated rings. The molecule has 3 rings (SSSR count). The zero-order valence-corrected chi connectivity index (χ0v) is 16.4. The van der Waals surface area contributed by atoms with E-state index >= 15 is 0 Å². The summed E-state index contributed by atoms with van der Waals surface area (Å²) in [4.78, 5) is 30.4. The number of para-hydroxylation sites is 1. The largest absolute Gasteiger partial charge is 0.443 e. The Balaban J connectivity index is 1.70. The van der Waals surface area contributed by atoms with E-state index in [1.807, 2.05) is 51.1 Å². The smallest absolute Gasteiger partial charge is 0.414 e. The maximum absolute atomic E-state index is 12.5. The predicted octanol–water partition coefficient (Wildman–Crippen LogP) is 4.86. The van der Waals surface area contributed by atoms with E-state index in [-0.39, 0.29) is 5.91 Å². The number of aromatic nitrogens is 1. The van der Waals surface area contributed by atoms with Crippen LogP contribution in [0, 0.1) is 0 Å². The molecule has 6 nitrogen and oxygen atoms in total. The normalized spacial score (nSPS) is 11.1. The van der Waals surface area contributed by atoms with Crippen LogP contribution in [0.5, 0.6) is 0 Å². The second-order valence-corrected chi connectivity index (χ2v) is 7.46. The number of rotatable bonds is 3. The summed E-state index contributed by atoms with van der Waals surface area (Å²) < 4.78 is 5.35. The van der Waals surface area contributed by atoms with Crippen LogP contribution in [0.3, 0.4) is 0 Å². The molecule has 1 N–H and O–H groups in total. The van der Waals surface area contributed by atoms with Crippen molar-refractivity contribution in [3.8, 4) is 0 Å². The molecule has 0 unspecified atom stereocenters. The summed E-state index contributed by atoms with van der Waals surface area (Å²) in [5.41, 5.74) is 2.04. The van der Waals surface area contributed by atoms with Gasteiger partial charge in [0, 0.05) is 23.7 Å². The van der Waals surface area contributed by atoms with Crippen LogP contribution >= 0.6 is 0 Å². The second kappa shape index (κ2) is 7.68. The fourth-order valence-corrected chi connectivity index (χ4v) is 2.61. The van der Waals surface area contributed by atoms with Crippen molar-refractivity contribution < 1.29 is 14.3 Å². The lowest BCUT2D eigenvalue weighted by Crippen LogP contribution is -2.34. The molecule has 2 amide bonds. The third-order valence-corrected chi connectivity index (χ3v) is 4.03. The van der Waals surface area contributed by atoms with Crippen LogP contribution in [0.4, 0.5) is 16.2 Å². The molecule has 0 bridgehead atoms. The quantitative estimate of drug-likeness (QED) is 0.708. The second-order valence-electron chi connectivity index (χ2n) is 7.46. The van der Waals surface area contributed by atoms with Crippen molar-refractivity contribution in [1.82, 2.24) is 4.98 Å². The summed E-state index contributed by atoms with van der Waals surface area (Å²) in [5.74, 6) is -0.247. The lowest BCUT2D eigenvalue weighted by Gasteiger charge is -2.24. The first-order chi connectivity index (χ1) is 13.2. The molecule has 6 heteroatoms. The van der Waals surface area contributed by atoms with Gasteiger partial charge in [-0.2, -0.15) is 0 Å². The summed E-state index contributed by atoms with van der Waals surface area (Å²) in [6, 6.07) is 16.3. The number of anilines is 2. The molecule has 0 aliphatic heterocycles. The minimum Gasteiger partial charge on any atom is -0.443 e. The molecule has 0 spiro atoms. The molecule has 144 valence electrons. The number of hydrogen-bond donors (Lipinski definition) is 1. The standard InChI is InChI=1S/C22H23N3O3/c1-22(2,3)28-21(27)25(4)18-11-9-15(10-12-18)20(26)24-17-13-16-7-5-6-8-19(16)23-14-17/h5-14H,1-4H3,(H,24,26). The van der Waals surface area contributed by atoms with Crippen LogP contribution in [0.15, 0.2) is 60.8 Å². The maximum atomic E-state index is 12.5. The summed E-state index contributed by atoms with van der Waals surface area (Å²) in [6.07, 6.45) is 1.18. The zero-order valence-electron chi connectivity index (χ0n) is 16.4. The molecule has 0 aliphatic rings. The molecule has 0 saturated carbocycles. The van der Waals surface area contributed by atoms with Crippen molar-refractivity contribution in [3.05, 3.63) is 66.4 Å². The minimum atomic E-state index is -0.570. The maximum Gasteiger partial charge on any atom is 0.414 e. The molecule has 2 aromatic carbocycles. The van der Waals surface area contributed by atoms with Crippen molar-refractivity contribution in [2.75, 3.05) is 17.3 Å². The van der Waals surface area contributed by atoms with Gasteiger partial charge < -0.3 is 10.1 Å². The van der Waals surface area contributed by atoms with Crippen molar-refractivity contribution >= 4 is 34.3 Å². The Labute approximate surface area is 164 Å². The molecule has 0 aliphatic carbocycles. The molecule has 3 aromatic rings. The molecular formula is C22H23N3O3. The highest BCUT2D eigenvalue weighted by Gasteiger charge is 2.20. The van der Waals surface area contributed by atoms with Crippen molar-refractivity contribution in [2.24, 2.45) is 0 Å². The van der Waals surface area contributed by atoms with E-state index in [1.54, 1.807) is 37.5 Å². The third kappa shape index (κ3) is 4.65. The zero-order chi connectivity index (χ0) is 20.3. The van der Waals surface area contributed by atoms with Crippen molar-refractivity contribution in [1.29, 1.82) is 0 Å². The molecular weight excluding hydrogens is 354 g/mol. The van der Waals surface area contributed by atoms with Crippen molar-refractivity contribution in [3.63, 3.8) is 0 Å². The van der Waals surface area contributed by atoms with Gasteiger partial charge in [-0.1, -0.05) is 18.2 Å². The SMILES string of the molecule is CN(C(=O)OC(C)(C)C)c1ccc(C(=O)Nc2cnc3ccccc3c2)cc1. The summed E-state index contributed by atoms with van der Waals surface area (Å²) in [7, 11) is 1.63. The van der Waals surface area contributed by atoms with Gasteiger partial charge in [0.05, 0.1) is 17.4 Å². The number of benzene rings is 2. The van der Waals surface area contributed by atoms with Gasteiger partial charge >= 0.3 is 6.09 Å². The summed E-state index contributed by atoms with van der Waals surface area (Å²) in [6.45, 7) is 5.44. The van der Waals surface area contributed by atoms with E-state index in [1.165, 1.54) is 4.90 Å². The Kier molecular flexibility index (Phi) is 5.31. The van der Waals surface area contributed by atoms with Crippen molar-refractivity contribution in [2.45, 2.75) is 26.4 Å². The number of amides is 2. The number of fused-ring (bicyclic) bond motifs is 1. The van der Waals surface area contributed by atoms with Gasteiger partial charge in [-0.3, -0.25) is 14.7 Å². The fraction of sp³-hybridized carbons (Fsp3) is 0.227. The topological polar surface area (TPSA) is 71.5 Å². The van der Waals surface area contributed by atoms with Gasteiger partial charge in [-0.05, 0) is 57.2 Å². The average Bonchev–Trinajstić information content (AvgIpc) is 2.66. The average molecular weight is 377 g/mol. The van der Waals surface area contributed by atoms with Gasteiger partial charge in [-0.15, -0.1) is 0 Å². The molecule has 1 aromatic heterocycles. The molecule has 28 heavy (non-hydrogen) atoms. The Morgan fingerprint density at radius 2 is 1.71 bits per heavy atom. The highest BCUT2D eigenvalue weighted by Crippen LogP contribution is 2.20. The van der Waals surface area contributed by atoms with E-state index in [4.69, 9.17) is 4.74 Å². The van der Waals surface area contributed by atoms with Gasteiger partial charge in [0.1, 0.15) is 5.60 Å². The third-order valence-electron chi connectivity index (χ3n) is 4.03. The Hall–Kier alpha value is -3.41. The van der Waals surface area contributed by atoms with Gasteiger partial charge in [0.25, 0.3) is 5.91 Å². The number of pyridine rings is 1. The number of hydrogen-bond acceptors (Lipinski definition) is 4. The van der Waals surface area contributed by atoms with E-state index in [2.05, 4.69) is 10.3 Å². The Bertz CT molecular complexity index is 1010. The monoisotopic (exact) mass is 377 g/mol. The summed E-state index contributed by atoms with van der Waals surface area (Å²) in [5, 5.41) is 3.80. The van der Waals surface area contributed by atoms with Crippen LogP contribution in [0.1, 0.15) is 31.1 Å². The minimum absolute atomic E-state index is 0.247. The predicted molar refractivity (Wildman–Crippen MR) is 111 cm³/mol. The highest BCUT2D eigenvalue weighted by molar-refractivity contribution is 6.05. The summed E-state index contributed by atoms with van der Waals surface area (Å²) >= 11 is 0. The van der Waals surface area contributed by atoms with Crippen LogP contribution < -0.4 is 10.2 Å². The van der Waals surface area contributed by atoms with Crippen LogP contribution in [-0.2, 0) is 4.74 Å². The van der Waals surface area contributed by atoms with Gasteiger partial charge in [0.2, 0.25) is 0 Å². The van der Waals surface area contributed by atoms with Crippen LogP contribution in [0.25, 0.3) is 10.9 Å². The van der Waals surface area contributed by atoms with Gasteiger partial charge in [0.15, 0.2) is 0 Å². The lowest BCUT2D eigenvalue weighted by molar-refractivity contribution is 0.0589. The Morgan fingerprint density at radius 3 is 2.39 bits per heavy atom. The van der Waals surface area contributed by atoms with E-state index in [0.717, 1.165) is 10.9 Å². The van der Waals surface area contributed by atoms with Crippen LogP contribution in [-0.4, -0.2) is 29.6 Å². The van der Waals surface area contributed by atoms with Gasteiger partial charge in [-0.25, -0.2) is 4.79 Å². The van der Waals surface area contributed by atoms with E-state index in [9.17, 15) is 9.59 Å². The molecule has 1 heterocycles. The number of carbonyl (C=O) groups is 2. The number of ether oxygens (including phenoxy) is 1. The number of nitrogens with zero attached hydrogens (tertiary/aromatic N) is 2. The molecule has 0 atom stereocenters. The molecule has 0 saturated heterocycles. The number of carbonyl (C=O) groups excluding carboxylic acids is 2. The fourth-order valence-electron chi connectivity index (χ4n) is 2.61. The highest BCUT2D eigenvalue weighted by atomic mass is 16.6. The first-order valence-corrected chi connectivity index (χ1v) is 8.96. The lowest BCUT2D eigenvalue weighted by atomic mass is 10.1. The first kappa shape index (κ1) is 19.4. The molecule has 0 radical (unpaired) electrons. The van der Waals surface area contributed by atoms with E-state index < -0.39 is 11.7 Å². The Morgan fingerprint density at radius 1 is 1.04 bits per heavy atom.